The molecule has 0 aliphatic rings. The van der Waals surface area contributed by atoms with E-state index < -0.39 is 0 Å². The lowest BCUT2D eigenvalue weighted by atomic mass is 10.0. The summed E-state index contributed by atoms with van der Waals surface area (Å²) in [6, 6.07) is 12.3. The van der Waals surface area contributed by atoms with Gasteiger partial charge in [0.15, 0.2) is 0 Å². The fourth-order valence-electron chi connectivity index (χ4n) is 2.63. The Morgan fingerprint density at radius 1 is 1.04 bits per heavy atom. The molecule has 0 bridgehead atoms. The molecular weight excluding hydrogens is 286 g/mol. The van der Waals surface area contributed by atoms with E-state index in [-0.39, 0.29) is 5.91 Å². The van der Waals surface area contributed by atoms with E-state index in [4.69, 9.17) is 4.74 Å². The van der Waals surface area contributed by atoms with Crippen LogP contribution < -0.4 is 10.1 Å². The summed E-state index contributed by atoms with van der Waals surface area (Å²) in [6.45, 7) is 6.08. The number of nitrogens with one attached hydrogen (secondary N) is 1. The number of hydrogen-bond donors (Lipinski definition) is 1. The molecular formula is C20H25NO2. The largest absolute Gasteiger partial charge is 0.496 e. The van der Waals surface area contributed by atoms with Crippen LogP contribution in [0.4, 0.5) is 5.69 Å². The van der Waals surface area contributed by atoms with Gasteiger partial charge in [0.1, 0.15) is 5.75 Å². The predicted molar refractivity (Wildman–Crippen MR) is 95.2 cm³/mol. The molecule has 0 atom stereocenters. The van der Waals surface area contributed by atoms with Gasteiger partial charge in [0.25, 0.3) is 0 Å². The van der Waals surface area contributed by atoms with E-state index in [2.05, 4.69) is 23.5 Å². The number of methoxy groups -OCH3 is 1. The van der Waals surface area contributed by atoms with Crippen LogP contribution in [-0.4, -0.2) is 13.0 Å². The Hall–Kier alpha value is -2.29. The second-order valence-corrected chi connectivity index (χ2v) is 6.02. The minimum Gasteiger partial charge on any atom is -0.496 e. The maximum atomic E-state index is 12.1. The number of benzene rings is 2. The van der Waals surface area contributed by atoms with Gasteiger partial charge in [-0.2, -0.15) is 0 Å². The molecule has 0 spiro atoms. The minimum atomic E-state index is 0.0731. The van der Waals surface area contributed by atoms with E-state index >= 15 is 0 Å². The number of carbonyl (C=O) groups is 1. The van der Waals surface area contributed by atoms with Crippen LogP contribution in [0.15, 0.2) is 36.4 Å². The summed E-state index contributed by atoms with van der Waals surface area (Å²) in [5.74, 6) is 0.977. The van der Waals surface area contributed by atoms with Crippen LogP contribution in [0.5, 0.6) is 5.75 Å². The number of rotatable bonds is 6. The predicted octanol–water partition coefficient (Wildman–Crippen LogP) is 4.58. The third kappa shape index (κ3) is 4.85. The van der Waals surface area contributed by atoms with Crippen LogP contribution in [0, 0.1) is 20.8 Å². The smallest absolute Gasteiger partial charge is 0.224 e. The average Bonchev–Trinajstić information content (AvgIpc) is 2.51. The van der Waals surface area contributed by atoms with Gasteiger partial charge in [0.2, 0.25) is 5.91 Å². The molecule has 3 nitrogen and oxygen atoms in total. The van der Waals surface area contributed by atoms with Gasteiger partial charge in [-0.25, -0.2) is 0 Å². The van der Waals surface area contributed by atoms with Gasteiger partial charge < -0.3 is 10.1 Å². The zero-order chi connectivity index (χ0) is 16.8. The Morgan fingerprint density at radius 3 is 2.52 bits per heavy atom. The lowest BCUT2D eigenvalue weighted by molar-refractivity contribution is -0.116. The van der Waals surface area contributed by atoms with Crippen molar-refractivity contribution < 1.29 is 9.53 Å². The van der Waals surface area contributed by atoms with Crippen molar-refractivity contribution in [3.05, 3.63) is 58.7 Å². The highest BCUT2D eigenvalue weighted by atomic mass is 16.5. The van der Waals surface area contributed by atoms with E-state index in [1.165, 1.54) is 5.56 Å². The minimum absolute atomic E-state index is 0.0731. The van der Waals surface area contributed by atoms with Gasteiger partial charge in [0, 0.05) is 12.1 Å². The fourth-order valence-corrected chi connectivity index (χ4v) is 2.63. The van der Waals surface area contributed by atoms with Crippen molar-refractivity contribution in [1.29, 1.82) is 0 Å². The first-order valence-corrected chi connectivity index (χ1v) is 8.00. The van der Waals surface area contributed by atoms with Crippen molar-refractivity contribution in [2.45, 2.75) is 40.0 Å². The van der Waals surface area contributed by atoms with Crippen molar-refractivity contribution in [3.63, 3.8) is 0 Å². The van der Waals surface area contributed by atoms with Crippen LogP contribution in [-0.2, 0) is 11.2 Å². The van der Waals surface area contributed by atoms with Gasteiger partial charge in [-0.1, -0.05) is 24.3 Å². The lowest BCUT2D eigenvalue weighted by Gasteiger charge is -2.10. The molecule has 122 valence electrons. The maximum absolute atomic E-state index is 12.1. The number of ether oxygens (including phenoxy) is 1. The van der Waals surface area contributed by atoms with Gasteiger partial charge in [-0.3, -0.25) is 4.79 Å². The number of carbonyl (C=O) groups excluding carboxylic acids is 1. The molecule has 0 fully saturated rings. The number of amides is 1. The molecule has 0 unspecified atom stereocenters. The average molecular weight is 311 g/mol. The topological polar surface area (TPSA) is 38.3 Å². The zero-order valence-corrected chi connectivity index (χ0v) is 14.4. The van der Waals surface area contributed by atoms with E-state index in [0.717, 1.165) is 41.0 Å². The van der Waals surface area contributed by atoms with Crippen molar-refractivity contribution >= 4 is 11.6 Å². The SMILES string of the molecule is COc1ccc(CCCC(=O)Nc2cc(C)ccc2C)cc1C. The summed E-state index contributed by atoms with van der Waals surface area (Å²) in [7, 11) is 1.68. The molecule has 1 amide bonds. The summed E-state index contributed by atoms with van der Waals surface area (Å²) < 4.78 is 5.27. The number of anilines is 1. The standard InChI is InChI=1S/C20H25NO2/c1-14-8-9-15(2)18(12-14)21-20(22)7-5-6-17-10-11-19(23-4)16(3)13-17/h8-13H,5-7H2,1-4H3,(H,21,22). The molecule has 0 saturated heterocycles. The molecule has 1 N–H and O–H groups in total. The Morgan fingerprint density at radius 2 is 1.83 bits per heavy atom. The van der Waals surface area contributed by atoms with Crippen molar-refractivity contribution in [2.24, 2.45) is 0 Å². The first-order chi connectivity index (χ1) is 11.0. The van der Waals surface area contributed by atoms with Crippen LogP contribution in [0.1, 0.15) is 35.1 Å². The fraction of sp³-hybridized carbons (Fsp3) is 0.350. The Balaban J connectivity index is 1.85. The van der Waals surface area contributed by atoms with Crippen LogP contribution >= 0.6 is 0 Å². The molecule has 2 aromatic rings. The summed E-state index contributed by atoms with van der Waals surface area (Å²) in [6.07, 6.45) is 2.26. The third-order valence-electron chi connectivity index (χ3n) is 4.00. The van der Waals surface area contributed by atoms with Crippen LogP contribution in [0.2, 0.25) is 0 Å². The van der Waals surface area contributed by atoms with Gasteiger partial charge in [-0.15, -0.1) is 0 Å². The maximum Gasteiger partial charge on any atom is 0.224 e. The van der Waals surface area contributed by atoms with Crippen molar-refractivity contribution in [1.82, 2.24) is 0 Å². The second kappa shape index (κ2) is 7.82. The first-order valence-electron chi connectivity index (χ1n) is 8.00. The molecule has 23 heavy (non-hydrogen) atoms. The molecule has 0 radical (unpaired) electrons. The molecule has 0 saturated carbocycles. The molecule has 2 rings (SSSR count). The lowest BCUT2D eigenvalue weighted by Crippen LogP contribution is -2.12. The molecule has 3 heteroatoms. The highest BCUT2D eigenvalue weighted by Crippen LogP contribution is 2.20. The van der Waals surface area contributed by atoms with E-state index in [1.807, 2.05) is 39.0 Å². The Kier molecular flexibility index (Phi) is 5.80. The molecule has 0 aliphatic carbocycles. The summed E-state index contributed by atoms with van der Waals surface area (Å²) in [4.78, 5) is 12.1. The quantitative estimate of drug-likeness (QED) is 0.848. The molecule has 0 aliphatic heterocycles. The highest BCUT2D eigenvalue weighted by molar-refractivity contribution is 5.91. The van der Waals surface area contributed by atoms with Crippen LogP contribution in [0.3, 0.4) is 0 Å². The van der Waals surface area contributed by atoms with E-state index in [9.17, 15) is 4.79 Å². The number of hydrogen-bond acceptors (Lipinski definition) is 2. The van der Waals surface area contributed by atoms with Crippen molar-refractivity contribution in [3.8, 4) is 5.75 Å². The van der Waals surface area contributed by atoms with Crippen LogP contribution in [0.25, 0.3) is 0 Å². The zero-order valence-electron chi connectivity index (χ0n) is 14.4. The molecule has 2 aromatic carbocycles. The van der Waals surface area contributed by atoms with E-state index in [1.54, 1.807) is 7.11 Å². The second-order valence-electron chi connectivity index (χ2n) is 6.02. The van der Waals surface area contributed by atoms with E-state index in [0.29, 0.717) is 6.42 Å². The first kappa shape index (κ1) is 17.1. The third-order valence-corrected chi connectivity index (χ3v) is 4.00. The van der Waals surface area contributed by atoms with Gasteiger partial charge in [-0.05, 0) is 68.0 Å². The van der Waals surface area contributed by atoms with Crippen molar-refractivity contribution in [2.75, 3.05) is 12.4 Å². The summed E-state index contributed by atoms with van der Waals surface area (Å²) in [5.41, 5.74) is 5.53. The molecule has 0 aromatic heterocycles. The van der Waals surface area contributed by atoms with Gasteiger partial charge in [0.05, 0.1) is 7.11 Å². The normalized spacial score (nSPS) is 10.4. The monoisotopic (exact) mass is 311 g/mol. The summed E-state index contributed by atoms with van der Waals surface area (Å²) in [5, 5.41) is 3.01. The highest BCUT2D eigenvalue weighted by Gasteiger charge is 2.06. The van der Waals surface area contributed by atoms with Gasteiger partial charge >= 0.3 is 0 Å². The Labute approximate surface area is 138 Å². The Bertz CT molecular complexity index is 692. The summed E-state index contributed by atoms with van der Waals surface area (Å²) >= 11 is 0. The number of aryl methyl sites for hydroxylation is 4. The molecule has 0 heterocycles.